The van der Waals surface area contributed by atoms with Crippen LogP contribution in [0.4, 0.5) is 0 Å². The van der Waals surface area contributed by atoms with E-state index in [-0.39, 0.29) is 5.88 Å². The summed E-state index contributed by atoms with van der Waals surface area (Å²) in [5.74, 6) is 0.631. The van der Waals surface area contributed by atoms with Crippen LogP contribution < -0.4 is 0 Å². The number of aromatic nitrogens is 1. The fraction of sp³-hybridized carbons (Fsp3) is 0.235. The molecule has 0 radical (unpaired) electrons. The van der Waals surface area contributed by atoms with Crippen molar-refractivity contribution in [1.29, 1.82) is 0 Å². The quantitative estimate of drug-likeness (QED) is 0.830. The molecule has 0 amide bonds. The Kier molecular flexibility index (Phi) is 4.54. The highest BCUT2D eigenvalue weighted by molar-refractivity contribution is 7.73. The monoisotopic (exact) mass is 343 g/mol. The zero-order valence-electron chi connectivity index (χ0n) is 12.9. The number of thiazole rings is 1. The molecular weight excluding hydrogens is 326 g/mol. The Bertz CT molecular complexity index is 858. The predicted octanol–water partition coefficient (Wildman–Crippen LogP) is 4.51. The smallest absolute Gasteiger partial charge is 0.210 e. The molecule has 2 aromatic rings. The third-order valence-corrected chi connectivity index (χ3v) is 4.79. The molecule has 1 aliphatic rings. The number of benzene rings is 1. The highest BCUT2D eigenvalue weighted by Crippen LogP contribution is 2.30. The first-order valence-electron chi connectivity index (χ1n) is 7.37. The Morgan fingerprint density at radius 1 is 1.30 bits per heavy atom. The van der Waals surface area contributed by atoms with E-state index in [0.717, 1.165) is 21.7 Å². The lowest BCUT2D eigenvalue weighted by Crippen LogP contribution is -2.04. The highest BCUT2D eigenvalue weighted by Gasteiger charge is 2.16. The predicted molar refractivity (Wildman–Crippen MR) is 99.1 cm³/mol. The van der Waals surface area contributed by atoms with Crippen molar-refractivity contribution in [1.82, 2.24) is 4.57 Å². The van der Waals surface area contributed by atoms with Gasteiger partial charge in [-0.1, -0.05) is 44.2 Å². The number of rotatable bonds is 4. The first-order chi connectivity index (χ1) is 11.1. The van der Waals surface area contributed by atoms with Gasteiger partial charge in [0, 0.05) is 17.7 Å². The molecule has 1 aromatic carbocycles. The van der Waals surface area contributed by atoms with E-state index >= 15 is 0 Å². The molecule has 3 rings (SSSR count). The minimum absolute atomic E-state index is 0.217. The maximum Gasteiger partial charge on any atom is 0.210 e. The summed E-state index contributed by atoms with van der Waals surface area (Å²) in [6.45, 7) is 4.90. The molecule has 2 heterocycles. The van der Waals surface area contributed by atoms with Crippen LogP contribution in [0.2, 0.25) is 0 Å². The van der Waals surface area contributed by atoms with Crippen LogP contribution in [0, 0.1) is 9.87 Å². The molecule has 118 valence electrons. The second-order valence-electron chi connectivity index (χ2n) is 5.72. The van der Waals surface area contributed by atoms with Crippen LogP contribution in [0.15, 0.2) is 46.1 Å². The van der Waals surface area contributed by atoms with Crippen molar-refractivity contribution in [2.45, 2.75) is 20.4 Å². The number of aromatic hydroxyl groups is 1. The molecule has 1 aromatic heterocycles. The van der Waals surface area contributed by atoms with Gasteiger partial charge in [0.05, 0.1) is 11.1 Å². The van der Waals surface area contributed by atoms with Crippen LogP contribution in [-0.4, -0.2) is 21.6 Å². The lowest BCUT2D eigenvalue weighted by molar-refractivity contribution is 0.392. The molecule has 6 heteroatoms. The van der Waals surface area contributed by atoms with Crippen LogP contribution >= 0.6 is 23.6 Å². The molecule has 1 N–H and O–H groups in total. The zero-order valence-corrected chi connectivity index (χ0v) is 14.6. The van der Waals surface area contributed by atoms with Crippen molar-refractivity contribution in [3.05, 3.63) is 50.3 Å². The number of hydrogen-bond acceptors (Lipinski definition) is 5. The summed E-state index contributed by atoms with van der Waals surface area (Å²) in [7, 11) is 0. The Morgan fingerprint density at radius 2 is 2.04 bits per heavy atom. The average Bonchev–Trinajstić information content (AvgIpc) is 3.09. The van der Waals surface area contributed by atoms with Crippen molar-refractivity contribution < 1.29 is 5.11 Å². The summed E-state index contributed by atoms with van der Waals surface area (Å²) in [6.07, 6.45) is 3.60. The largest absolute Gasteiger partial charge is 0.493 e. The standard InChI is InChI=1S/C17H17N3OS2/c1-11(2)10-20-16(21)14(23-17(20)22)8-13-9-18-19-15(13)12-6-4-3-5-7-12/h3-9,11,21H,10H2,1-2H3/b13-8-. The van der Waals surface area contributed by atoms with Gasteiger partial charge in [-0.05, 0) is 24.2 Å². The van der Waals surface area contributed by atoms with Crippen LogP contribution in [0.3, 0.4) is 0 Å². The maximum absolute atomic E-state index is 10.5. The van der Waals surface area contributed by atoms with E-state index in [4.69, 9.17) is 12.2 Å². The molecular formula is C17H17N3OS2. The van der Waals surface area contributed by atoms with E-state index in [9.17, 15) is 5.11 Å². The molecule has 0 aliphatic carbocycles. The second kappa shape index (κ2) is 6.60. The van der Waals surface area contributed by atoms with E-state index in [1.807, 2.05) is 36.4 Å². The minimum Gasteiger partial charge on any atom is -0.493 e. The van der Waals surface area contributed by atoms with Crippen molar-refractivity contribution in [3.8, 4) is 5.88 Å². The lowest BCUT2D eigenvalue weighted by atomic mass is 10.0. The van der Waals surface area contributed by atoms with Gasteiger partial charge in [0.25, 0.3) is 0 Å². The topological polar surface area (TPSA) is 49.9 Å². The summed E-state index contributed by atoms with van der Waals surface area (Å²) < 4.78 is 2.46. The SMILES string of the molecule is CC(C)Cn1c(O)c(/C=C2/C=NN=C2c2ccccc2)sc1=S. The third-order valence-electron chi connectivity index (χ3n) is 3.40. The first kappa shape index (κ1) is 15.8. The van der Waals surface area contributed by atoms with Crippen LogP contribution in [-0.2, 0) is 6.54 Å². The molecule has 0 atom stereocenters. The molecule has 0 saturated carbocycles. The lowest BCUT2D eigenvalue weighted by Gasteiger charge is -2.07. The van der Waals surface area contributed by atoms with Gasteiger partial charge >= 0.3 is 0 Å². The van der Waals surface area contributed by atoms with Gasteiger partial charge in [0.1, 0.15) is 5.71 Å². The number of hydrogen-bond donors (Lipinski definition) is 1. The molecule has 0 fully saturated rings. The van der Waals surface area contributed by atoms with Crippen molar-refractivity contribution >= 4 is 41.6 Å². The molecule has 0 bridgehead atoms. The van der Waals surface area contributed by atoms with Crippen molar-refractivity contribution in [3.63, 3.8) is 0 Å². The molecule has 0 spiro atoms. The summed E-state index contributed by atoms with van der Waals surface area (Å²) in [4.78, 5) is 0.739. The summed E-state index contributed by atoms with van der Waals surface area (Å²) in [5, 5.41) is 18.7. The Morgan fingerprint density at radius 3 is 2.74 bits per heavy atom. The normalized spacial score (nSPS) is 15.6. The van der Waals surface area contributed by atoms with E-state index in [1.54, 1.807) is 10.8 Å². The summed E-state index contributed by atoms with van der Waals surface area (Å²) >= 11 is 6.77. The van der Waals surface area contributed by atoms with Gasteiger partial charge in [0.2, 0.25) is 5.88 Å². The van der Waals surface area contributed by atoms with E-state index in [2.05, 4.69) is 24.1 Å². The Hall–Kier alpha value is -2.05. The van der Waals surface area contributed by atoms with Crippen LogP contribution in [0.5, 0.6) is 5.88 Å². The second-order valence-corrected chi connectivity index (χ2v) is 7.39. The number of nitrogens with zero attached hydrogens (tertiary/aromatic N) is 3. The molecule has 0 unspecified atom stereocenters. The Balaban J connectivity index is 1.98. The molecule has 4 nitrogen and oxygen atoms in total. The van der Waals surface area contributed by atoms with Crippen molar-refractivity contribution in [2.24, 2.45) is 16.1 Å². The summed E-state index contributed by atoms with van der Waals surface area (Å²) in [5.41, 5.74) is 2.68. The molecule has 0 saturated heterocycles. The third kappa shape index (κ3) is 3.33. The average molecular weight is 343 g/mol. The highest BCUT2D eigenvalue weighted by atomic mass is 32.1. The van der Waals surface area contributed by atoms with E-state index < -0.39 is 0 Å². The van der Waals surface area contributed by atoms with Gasteiger partial charge in [-0.15, -0.1) is 16.4 Å². The van der Waals surface area contributed by atoms with Gasteiger partial charge in [-0.3, -0.25) is 4.57 Å². The van der Waals surface area contributed by atoms with E-state index in [1.165, 1.54) is 11.3 Å². The van der Waals surface area contributed by atoms with E-state index in [0.29, 0.717) is 16.4 Å². The fourth-order valence-corrected chi connectivity index (χ4v) is 3.65. The van der Waals surface area contributed by atoms with Crippen LogP contribution in [0.25, 0.3) is 6.08 Å². The van der Waals surface area contributed by atoms with Crippen molar-refractivity contribution in [2.75, 3.05) is 0 Å². The molecule has 1 aliphatic heterocycles. The minimum atomic E-state index is 0.217. The Labute approximate surface area is 144 Å². The zero-order chi connectivity index (χ0) is 16.4. The van der Waals surface area contributed by atoms with Gasteiger partial charge in [-0.2, -0.15) is 5.10 Å². The maximum atomic E-state index is 10.5. The fourth-order valence-electron chi connectivity index (χ4n) is 2.37. The van der Waals surface area contributed by atoms with Gasteiger partial charge < -0.3 is 5.11 Å². The van der Waals surface area contributed by atoms with Gasteiger partial charge in [0.15, 0.2) is 3.95 Å². The van der Waals surface area contributed by atoms with Crippen LogP contribution in [0.1, 0.15) is 24.3 Å². The molecule has 23 heavy (non-hydrogen) atoms. The number of allylic oxidation sites excluding steroid dienone is 1. The first-order valence-corrected chi connectivity index (χ1v) is 8.60. The summed E-state index contributed by atoms with van der Waals surface area (Å²) in [6, 6.07) is 9.88. The van der Waals surface area contributed by atoms with Gasteiger partial charge in [-0.25, -0.2) is 0 Å².